The Morgan fingerprint density at radius 3 is 2.03 bits per heavy atom. The number of amides is 1. The third kappa shape index (κ3) is 8.64. The quantitative estimate of drug-likeness (QED) is 0.0555. The van der Waals surface area contributed by atoms with Gasteiger partial charge in [-0.2, -0.15) is 4.98 Å². The number of hydrogen-bond acceptors (Lipinski definition) is 11. The van der Waals surface area contributed by atoms with Gasteiger partial charge in [0.15, 0.2) is 31.8 Å². The molecule has 1 aliphatic rings. The van der Waals surface area contributed by atoms with E-state index in [0.29, 0.717) is 11.5 Å². The number of anilines is 1. The van der Waals surface area contributed by atoms with Crippen molar-refractivity contribution in [3.05, 3.63) is 112 Å². The Labute approximate surface area is 339 Å². The molecule has 2 aromatic heterocycles. The maximum atomic E-state index is 13.2. The topological polar surface area (TPSA) is 185 Å². The van der Waals surface area contributed by atoms with E-state index < -0.39 is 58.2 Å². The van der Waals surface area contributed by atoms with Crippen LogP contribution in [0.15, 0.2) is 90.0 Å². The van der Waals surface area contributed by atoms with Crippen molar-refractivity contribution in [2.24, 2.45) is 5.92 Å². The van der Waals surface area contributed by atoms with Crippen molar-refractivity contribution < 1.29 is 42.2 Å². The highest BCUT2D eigenvalue weighted by atomic mass is 31.1. The van der Waals surface area contributed by atoms with Gasteiger partial charge < -0.3 is 23.4 Å². The van der Waals surface area contributed by atoms with Gasteiger partial charge >= 0.3 is 8.25 Å². The van der Waals surface area contributed by atoms with Crippen LogP contribution >= 0.6 is 8.25 Å². The summed E-state index contributed by atoms with van der Waals surface area (Å²) in [6, 6.07) is 25.0. The second kappa shape index (κ2) is 17.2. The number of hydrogen-bond donors (Lipinski definition) is 3. The van der Waals surface area contributed by atoms with Crippen LogP contribution in [0.3, 0.4) is 0 Å². The van der Waals surface area contributed by atoms with Crippen LogP contribution in [0.4, 0.5) is 5.95 Å². The van der Waals surface area contributed by atoms with Crippen molar-refractivity contribution in [2.45, 2.75) is 82.9 Å². The van der Waals surface area contributed by atoms with Crippen LogP contribution in [0.25, 0.3) is 11.2 Å². The summed E-state index contributed by atoms with van der Waals surface area (Å²) < 4.78 is 52.1. The number of fused-ring (bicyclic) bond motifs is 1. The average Bonchev–Trinajstić information content (AvgIpc) is 3.76. The van der Waals surface area contributed by atoms with Crippen LogP contribution in [-0.4, -0.2) is 77.8 Å². The molecule has 0 saturated carbocycles. The average molecular weight is 833 g/mol. The number of H-pyrrole nitrogens is 1. The van der Waals surface area contributed by atoms with E-state index in [-0.39, 0.29) is 34.7 Å². The van der Waals surface area contributed by atoms with Gasteiger partial charge in [0.1, 0.15) is 29.3 Å². The lowest BCUT2D eigenvalue weighted by atomic mass is 9.80. The Kier molecular flexibility index (Phi) is 12.7. The standard InChI is InChI=1S/C41H50N5O10PSi/c1-25(2)36(47)44-39-43-35-32(37(48)45-39)42-24-46(35)38-34(55-57(49)50)33(56-58(8,9)40(3,4)5)31(54-38)23-53-41(26-13-11-10-12-14-26,27-15-19-29(51-6)20-16-27)28-17-21-30(52-7)22-18-28/h10-22,24-25,31,33-34,38H,23H2,1-9H3,(H2-,43,44,45,47,48,49,50)/p+1/t31-,33?,34?,38-/m1/s1. The number of imidazole rings is 1. The zero-order valence-corrected chi connectivity index (χ0v) is 36.0. The van der Waals surface area contributed by atoms with Crippen molar-refractivity contribution in [1.82, 2.24) is 19.5 Å². The van der Waals surface area contributed by atoms with Gasteiger partial charge in [-0.3, -0.25) is 24.5 Å². The van der Waals surface area contributed by atoms with Crippen molar-refractivity contribution in [3.8, 4) is 11.5 Å². The maximum Gasteiger partial charge on any atom is 0.695 e. The van der Waals surface area contributed by atoms with E-state index in [1.807, 2.05) is 78.9 Å². The first-order valence-electron chi connectivity index (χ1n) is 18.9. The van der Waals surface area contributed by atoms with Crippen LogP contribution in [0.1, 0.15) is 57.5 Å². The minimum atomic E-state index is -3.19. The molecule has 1 amide bonds. The van der Waals surface area contributed by atoms with E-state index in [0.717, 1.165) is 16.7 Å². The smallest absolute Gasteiger partial charge is 0.497 e. The van der Waals surface area contributed by atoms with Crippen LogP contribution in [0.2, 0.25) is 18.1 Å². The van der Waals surface area contributed by atoms with Gasteiger partial charge in [0.05, 0.1) is 27.2 Å². The second-order valence-corrected chi connectivity index (χ2v) is 21.4. The lowest BCUT2D eigenvalue weighted by Crippen LogP contribution is -2.50. The molecule has 0 aliphatic carbocycles. The largest absolute Gasteiger partial charge is 0.695 e. The molecule has 3 unspecified atom stereocenters. The molecule has 6 rings (SSSR count). The highest BCUT2D eigenvalue weighted by Gasteiger charge is 2.56. The van der Waals surface area contributed by atoms with Gasteiger partial charge in [-0.05, 0) is 59.1 Å². The number of rotatable bonds is 15. The molecule has 3 heterocycles. The highest BCUT2D eigenvalue weighted by molar-refractivity contribution is 7.32. The fraction of sp³-hybridized carbons (Fsp3) is 0.415. The summed E-state index contributed by atoms with van der Waals surface area (Å²) >= 11 is 0. The van der Waals surface area contributed by atoms with Gasteiger partial charge in [0, 0.05) is 10.5 Å². The van der Waals surface area contributed by atoms with Crippen molar-refractivity contribution >= 4 is 39.6 Å². The van der Waals surface area contributed by atoms with Crippen LogP contribution in [-0.2, 0) is 33.4 Å². The van der Waals surface area contributed by atoms with Gasteiger partial charge in [-0.15, -0.1) is 9.42 Å². The van der Waals surface area contributed by atoms with Gasteiger partial charge in [0.25, 0.3) is 5.56 Å². The molecule has 58 heavy (non-hydrogen) atoms. The minimum Gasteiger partial charge on any atom is -0.497 e. The molecule has 1 fully saturated rings. The Balaban J connectivity index is 1.51. The summed E-state index contributed by atoms with van der Waals surface area (Å²) in [5.41, 5.74) is 0.556. The molecule has 5 aromatic rings. The van der Waals surface area contributed by atoms with Crippen LogP contribution in [0, 0.1) is 5.92 Å². The van der Waals surface area contributed by atoms with Crippen molar-refractivity contribution in [1.29, 1.82) is 0 Å². The summed E-state index contributed by atoms with van der Waals surface area (Å²) in [6.45, 7) is 13.7. The molecule has 5 atom stereocenters. The Morgan fingerprint density at radius 2 is 1.52 bits per heavy atom. The molecule has 0 spiro atoms. The van der Waals surface area contributed by atoms with E-state index in [9.17, 15) is 19.0 Å². The Hall–Kier alpha value is -4.80. The Morgan fingerprint density at radius 1 is 0.948 bits per heavy atom. The number of ether oxygens (including phenoxy) is 4. The molecule has 1 aliphatic heterocycles. The van der Waals surface area contributed by atoms with E-state index in [1.165, 1.54) is 10.9 Å². The minimum absolute atomic E-state index is 0.0399. The lowest BCUT2D eigenvalue weighted by molar-refractivity contribution is -0.118. The van der Waals surface area contributed by atoms with Gasteiger partial charge in [-0.1, -0.05) is 89.2 Å². The number of nitrogens with one attached hydrogen (secondary N) is 2. The molecule has 308 valence electrons. The molecular weight excluding hydrogens is 782 g/mol. The zero-order chi connectivity index (χ0) is 42.0. The van der Waals surface area contributed by atoms with Crippen molar-refractivity contribution in [3.63, 3.8) is 0 Å². The molecule has 1 saturated heterocycles. The lowest BCUT2D eigenvalue weighted by Gasteiger charge is -2.41. The summed E-state index contributed by atoms with van der Waals surface area (Å²) in [5, 5.41) is 2.34. The van der Waals surface area contributed by atoms with E-state index >= 15 is 0 Å². The van der Waals surface area contributed by atoms with Gasteiger partial charge in [0.2, 0.25) is 11.9 Å². The predicted octanol–water partition coefficient (Wildman–Crippen LogP) is 7.06. The number of carbonyl (C=O) groups is 1. The molecule has 3 aromatic carbocycles. The monoisotopic (exact) mass is 832 g/mol. The number of nitrogens with zero attached hydrogens (tertiary/aromatic N) is 3. The molecule has 0 bridgehead atoms. The molecule has 3 N–H and O–H groups in total. The number of aromatic amines is 1. The number of aromatic nitrogens is 4. The van der Waals surface area contributed by atoms with Gasteiger partial charge in [-0.25, -0.2) is 4.98 Å². The summed E-state index contributed by atoms with van der Waals surface area (Å²) in [4.78, 5) is 47.6. The van der Waals surface area contributed by atoms with Crippen LogP contribution in [0.5, 0.6) is 11.5 Å². The van der Waals surface area contributed by atoms with Crippen molar-refractivity contribution in [2.75, 3.05) is 26.1 Å². The number of carbonyl (C=O) groups excluding carboxylic acids is 1. The fourth-order valence-corrected chi connectivity index (χ4v) is 8.41. The third-order valence-corrected chi connectivity index (χ3v) is 15.7. The summed E-state index contributed by atoms with van der Waals surface area (Å²) in [6.07, 6.45) is -2.93. The summed E-state index contributed by atoms with van der Waals surface area (Å²) in [7, 11) is -2.66. The van der Waals surface area contributed by atoms with E-state index in [2.05, 4.69) is 54.1 Å². The first-order valence-corrected chi connectivity index (χ1v) is 23.0. The van der Waals surface area contributed by atoms with E-state index in [4.69, 9.17) is 27.9 Å². The molecule has 0 radical (unpaired) electrons. The predicted molar refractivity (Wildman–Crippen MR) is 221 cm³/mol. The third-order valence-electron chi connectivity index (χ3n) is 10.8. The maximum absolute atomic E-state index is 13.2. The zero-order valence-electron chi connectivity index (χ0n) is 34.1. The van der Waals surface area contributed by atoms with Crippen LogP contribution < -0.4 is 20.3 Å². The number of methoxy groups -OCH3 is 2. The SMILES string of the molecule is COc1ccc(C(OC[C@H]2O[C@@H](n3cnc4c(=O)[nH]c(NC(=O)C(C)C)nc43)C(O[P+](=O)O)C2O[Si](C)(C)C(C)(C)C)(c2ccccc2)c2ccc(OC)cc2)cc1. The molecule has 15 nitrogen and oxygen atoms in total. The summed E-state index contributed by atoms with van der Waals surface area (Å²) in [5.74, 6) is 0.475. The first-order chi connectivity index (χ1) is 27.5. The molecular formula is C41H51N5O10PSi+. The van der Waals surface area contributed by atoms with E-state index in [1.54, 1.807) is 28.1 Å². The molecule has 17 heteroatoms. The fourth-order valence-electron chi connectivity index (χ4n) is 6.66. The first kappa shape index (κ1) is 42.8. The Bertz CT molecular complexity index is 2230. The number of benzene rings is 3. The highest BCUT2D eigenvalue weighted by Crippen LogP contribution is 2.47. The normalized spacial score (nSPS) is 19.1. The second-order valence-electron chi connectivity index (χ2n) is 15.9.